The predicted molar refractivity (Wildman–Crippen MR) is 67.5 cm³/mol. The Bertz CT molecular complexity index is 443. The summed E-state index contributed by atoms with van der Waals surface area (Å²) < 4.78 is 40.0. The van der Waals surface area contributed by atoms with Crippen molar-refractivity contribution in [3.8, 4) is 11.5 Å². The van der Waals surface area contributed by atoms with Crippen LogP contribution in [0.15, 0.2) is 24.3 Å². The first-order valence-corrected chi connectivity index (χ1v) is 7.13. The summed E-state index contributed by atoms with van der Waals surface area (Å²) in [5.41, 5.74) is 5.30. The van der Waals surface area contributed by atoms with E-state index in [4.69, 9.17) is 19.8 Å². The van der Waals surface area contributed by atoms with Crippen molar-refractivity contribution in [1.29, 1.82) is 0 Å². The molecule has 1 aromatic carbocycles. The molecule has 0 saturated heterocycles. The fourth-order valence-corrected chi connectivity index (χ4v) is 1.72. The zero-order chi connectivity index (χ0) is 13.4. The molecule has 0 saturated carbocycles. The minimum Gasteiger partial charge on any atom is -0.494 e. The van der Waals surface area contributed by atoms with Gasteiger partial charge in [-0.15, -0.1) is 0 Å². The first-order chi connectivity index (χ1) is 8.51. The van der Waals surface area contributed by atoms with Gasteiger partial charge in [0.05, 0.1) is 12.4 Å². The standard InChI is InChI=1S/C11H17NO5S/c12-6-8-17-11-4-2-10(3-5-11)16-7-1-9-18(13,14)15/h2-5H,1,6-9,12H2,(H,13,14,15). The highest BCUT2D eigenvalue weighted by Crippen LogP contribution is 2.17. The van der Waals surface area contributed by atoms with Crippen LogP contribution in [0.2, 0.25) is 0 Å². The fraction of sp³-hybridized carbons (Fsp3) is 0.455. The Morgan fingerprint density at radius 2 is 1.56 bits per heavy atom. The molecule has 0 radical (unpaired) electrons. The van der Waals surface area contributed by atoms with Crippen molar-refractivity contribution in [2.45, 2.75) is 6.42 Å². The second kappa shape index (κ2) is 7.20. The molecule has 0 aromatic heterocycles. The van der Waals surface area contributed by atoms with Crippen molar-refractivity contribution in [3.63, 3.8) is 0 Å². The van der Waals surface area contributed by atoms with E-state index < -0.39 is 10.1 Å². The Labute approximate surface area is 106 Å². The van der Waals surface area contributed by atoms with Gasteiger partial charge in [0.2, 0.25) is 0 Å². The molecule has 0 bridgehead atoms. The van der Waals surface area contributed by atoms with Crippen LogP contribution < -0.4 is 15.2 Å². The minimum absolute atomic E-state index is 0.225. The Hall–Kier alpha value is -1.31. The van der Waals surface area contributed by atoms with E-state index >= 15 is 0 Å². The molecule has 0 atom stereocenters. The van der Waals surface area contributed by atoms with Crippen molar-refractivity contribution in [2.75, 3.05) is 25.5 Å². The minimum atomic E-state index is -3.91. The SMILES string of the molecule is NCCOc1ccc(OCCCS(=O)(=O)O)cc1. The molecule has 0 aliphatic heterocycles. The number of rotatable bonds is 8. The average molecular weight is 275 g/mol. The van der Waals surface area contributed by atoms with Crippen molar-refractivity contribution < 1.29 is 22.4 Å². The van der Waals surface area contributed by atoms with E-state index in [1.54, 1.807) is 24.3 Å². The van der Waals surface area contributed by atoms with E-state index in [2.05, 4.69) is 0 Å². The van der Waals surface area contributed by atoms with Crippen LogP contribution in [0.3, 0.4) is 0 Å². The quantitative estimate of drug-likeness (QED) is 0.534. The maximum absolute atomic E-state index is 10.5. The average Bonchev–Trinajstić information content (AvgIpc) is 2.32. The van der Waals surface area contributed by atoms with Gasteiger partial charge >= 0.3 is 0 Å². The summed E-state index contributed by atoms with van der Waals surface area (Å²) in [6, 6.07) is 6.93. The first-order valence-electron chi connectivity index (χ1n) is 5.52. The van der Waals surface area contributed by atoms with E-state index in [0.717, 1.165) is 0 Å². The highest BCUT2D eigenvalue weighted by atomic mass is 32.2. The van der Waals surface area contributed by atoms with Gasteiger partial charge in [0.1, 0.15) is 18.1 Å². The largest absolute Gasteiger partial charge is 0.494 e. The van der Waals surface area contributed by atoms with Crippen LogP contribution in [0.4, 0.5) is 0 Å². The molecule has 1 rings (SSSR count). The summed E-state index contributed by atoms with van der Waals surface area (Å²) in [6.45, 7) is 1.13. The van der Waals surface area contributed by atoms with Crippen LogP contribution in [0.25, 0.3) is 0 Å². The van der Waals surface area contributed by atoms with E-state index in [1.165, 1.54) is 0 Å². The molecule has 0 unspecified atom stereocenters. The summed E-state index contributed by atoms with van der Waals surface area (Å²) in [5.74, 6) is 1.02. The van der Waals surface area contributed by atoms with Crippen molar-refractivity contribution >= 4 is 10.1 Å². The summed E-state index contributed by atoms with van der Waals surface area (Å²) >= 11 is 0. The molecule has 102 valence electrons. The van der Waals surface area contributed by atoms with Gasteiger partial charge in [-0.1, -0.05) is 0 Å². The molecular formula is C11H17NO5S. The molecule has 0 aliphatic carbocycles. The van der Waals surface area contributed by atoms with Crippen molar-refractivity contribution in [3.05, 3.63) is 24.3 Å². The monoisotopic (exact) mass is 275 g/mol. The van der Waals surface area contributed by atoms with Gasteiger partial charge in [-0.05, 0) is 30.7 Å². The van der Waals surface area contributed by atoms with Gasteiger partial charge < -0.3 is 15.2 Å². The third-order valence-electron chi connectivity index (χ3n) is 2.03. The molecule has 18 heavy (non-hydrogen) atoms. The second-order valence-corrected chi connectivity index (χ2v) is 5.17. The van der Waals surface area contributed by atoms with Gasteiger partial charge in [-0.25, -0.2) is 0 Å². The Morgan fingerprint density at radius 3 is 2.00 bits per heavy atom. The van der Waals surface area contributed by atoms with Crippen LogP contribution in [0.1, 0.15) is 6.42 Å². The third kappa shape index (κ3) is 6.43. The molecule has 7 heteroatoms. The molecule has 6 nitrogen and oxygen atoms in total. The lowest BCUT2D eigenvalue weighted by Crippen LogP contribution is -2.10. The highest BCUT2D eigenvalue weighted by Gasteiger charge is 2.03. The Morgan fingerprint density at radius 1 is 1.06 bits per heavy atom. The zero-order valence-electron chi connectivity index (χ0n) is 9.91. The highest BCUT2D eigenvalue weighted by molar-refractivity contribution is 7.85. The van der Waals surface area contributed by atoms with E-state index in [0.29, 0.717) is 24.7 Å². The van der Waals surface area contributed by atoms with Gasteiger partial charge in [-0.2, -0.15) is 8.42 Å². The summed E-state index contributed by atoms with van der Waals surface area (Å²) in [4.78, 5) is 0. The summed E-state index contributed by atoms with van der Waals surface area (Å²) in [7, 11) is -3.91. The zero-order valence-corrected chi connectivity index (χ0v) is 10.7. The van der Waals surface area contributed by atoms with Crippen LogP contribution in [0, 0.1) is 0 Å². The van der Waals surface area contributed by atoms with Crippen LogP contribution in [0.5, 0.6) is 11.5 Å². The number of ether oxygens (including phenoxy) is 2. The van der Waals surface area contributed by atoms with Crippen molar-refractivity contribution in [2.24, 2.45) is 5.73 Å². The predicted octanol–water partition coefficient (Wildman–Crippen LogP) is 0.681. The molecule has 0 amide bonds. The normalized spacial score (nSPS) is 11.2. The second-order valence-electron chi connectivity index (χ2n) is 3.60. The lowest BCUT2D eigenvalue weighted by atomic mass is 10.3. The molecule has 0 heterocycles. The summed E-state index contributed by atoms with van der Waals surface area (Å²) in [5, 5.41) is 0. The maximum Gasteiger partial charge on any atom is 0.264 e. The van der Waals surface area contributed by atoms with Crippen LogP contribution in [-0.4, -0.2) is 38.5 Å². The molecule has 1 aromatic rings. The lowest BCUT2D eigenvalue weighted by molar-refractivity contribution is 0.311. The first kappa shape index (κ1) is 14.7. The number of nitrogens with two attached hydrogens (primary N) is 1. The molecular weight excluding hydrogens is 258 g/mol. The smallest absolute Gasteiger partial charge is 0.264 e. The van der Waals surface area contributed by atoms with Gasteiger partial charge in [-0.3, -0.25) is 4.55 Å². The Balaban J connectivity index is 2.31. The van der Waals surface area contributed by atoms with Gasteiger partial charge in [0.25, 0.3) is 10.1 Å². The fourth-order valence-electron chi connectivity index (χ4n) is 1.24. The van der Waals surface area contributed by atoms with E-state index in [9.17, 15) is 8.42 Å². The van der Waals surface area contributed by atoms with Crippen molar-refractivity contribution in [1.82, 2.24) is 0 Å². The number of hydrogen-bond donors (Lipinski definition) is 2. The van der Waals surface area contributed by atoms with Crippen LogP contribution in [-0.2, 0) is 10.1 Å². The molecule has 3 N–H and O–H groups in total. The van der Waals surface area contributed by atoms with Crippen LogP contribution >= 0.6 is 0 Å². The van der Waals surface area contributed by atoms with Gasteiger partial charge in [0, 0.05) is 6.54 Å². The summed E-state index contributed by atoms with van der Waals surface area (Å²) in [6.07, 6.45) is 0.240. The molecule has 0 spiro atoms. The molecule has 0 aliphatic rings. The van der Waals surface area contributed by atoms with E-state index in [-0.39, 0.29) is 18.8 Å². The Kier molecular flexibility index (Phi) is 5.90. The number of hydrogen-bond acceptors (Lipinski definition) is 5. The third-order valence-corrected chi connectivity index (χ3v) is 2.83. The topological polar surface area (TPSA) is 98.9 Å². The number of benzene rings is 1. The lowest BCUT2D eigenvalue weighted by Gasteiger charge is -2.07. The van der Waals surface area contributed by atoms with E-state index in [1.807, 2.05) is 0 Å². The maximum atomic E-state index is 10.5. The molecule has 0 fully saturated rings. The van der Waals surface area contributed by atoms with Gasteiger partial charge in [0.15, 0.2) is 0 Å².